The predicted octanol–water partition coefficient (Wildman–Crippen LogP) is 5.19. The Morgan fingerprint density at radius 2 is 2.00 bits per heavy atom. The monoisotopic (exact) mass is 395 g/mol. The maximum absolute atomic E-state index is 13.5. The maximum Gasteiger partial charge on any atom is 0.231 e. The minimum atomic E-state index is -1.68. The van der Waals surface area contributed by atoms with Gasteiger partial charge in [0.2, 0.25) is 5.91 Å². The summed E-state index contributed by atoms with van der Waals surface area (Å²) in [5.41, 5.74) is -0.553. The van der Waals surface area contributed by atoms with E-state index in [0.29, 0.717) is 24.3 Å². The third kappa shape index (κ3) is 3.64. The molecule has 1 saturated carbocycles. The highest BCUT2D eigenvalue weighted by Gasteiger charge is 2.64. The molecule has 4 atom stereocenters. The van der Waals surface area contributed by atoms with Crippen LogP contribution in [0.1, 0.15) is 73.6 Å². The molecule has 156 valence electrons. The molecule has 0 unspecified atom stereocenters. The SMILES string of the molecule is CC(C)[C@H]1CO[C@]2(C)C[C@]3(CC[C@@H](CCO[Si](C)(C)C(C)(C)C)C3)C(=O)N12. The number of carbonyl (C=O) groups excluding carboxylic acids is 1. The Hall–Kier alpha value is -0.393. The van der Waals surface area contributed by atoms with Crippen molar-refractivity contribution in [2.75, 3.05) is 13.2 Å². The molecule has 27 heavy (non-hydrogen) atoms. The van der Waals surface area contributed by atoms with Crippen molar-refractivity contribution in [1.29, 1.82) is 0 Å². The molecule has 0 aromatic carbocycles. The predicted molar refractivity (Wildman–Crippen MR) is 112 cm³/mol. The number of rotatable bonds is 5. The lowest BCUT2D eigenvalue weighted by Gasteiger charge is -2.36. The van der Waals surface area contributed by atoms with Gasteiger partial charge in [0.05, 0.1) is 18.1 Å². The van der Waals surface area contributed by atoms with Crippen LogP contribution in [0.3, 0.4) is 0 Å². The average Bonchev–Trinajstić information content (AvgIpc) is 3.13. The topological polar surface area (TPSA) is 38.8 Å². The van der Waals surface area contributed by atoms with E-state index >= 15 is 0 Å². The fourth-order valence-corrected chi connectivity index (χ4v) is 6.31. The number of fused-ring (bicyclic) bond motifs is 1. The zero-order chi connectivity index (χ0) is 20.3. The summed E-state index contributed by atoms with van der Waals surface area (Å²) in [6.45, 7) is 19.6. The van der Waals surface area contributed by atoms with E-state index in [2.05, 4.69) is 59.5 Å². The van der Waals surface area contributed by atoms with Crippen molar-refractivity contribution in [2.45, 2.75) is 104 Å². The third-order valence-electron chi connectivity index (χ3n) is 8.02. The molecule has 2 saturated heterocycles. The molecule has 0 aromatic heterocycles. The summed E-state index contributed by atoms with van der Waals surface area (Å²) in [5, 5.41) is 0.258. The Kier molecular flexibility index (Phi) is 5.40. The fourth-order valence-electron chi connectivity index (χ4n) is 5.25. The molecule has 1 aliphatic carbocycles. The Bertz CT molecular complexity index is 585. The van der Waals surface area contributed by atoms with E-state index in [1.54, 1.807) is 0 Å². The zero-order valence-electron chi connectivity index (χ0n) is 18.9. The van der Waals surface area contributed by atoms with Crippen LogP contribution >= 0.6 is 0 Å². The second-order valence-corrected chi connectivity index (χ2v) is 16.2. The van der Waals surface area contributed by atoms with Gasteiger partial charge >= 0.3 is 0 Å². The van der Waals surface area contributed by atoms with Crippen molar-refractivity contribution < 1.29 is 14.0 Å². The van der Waals surface area contributed by atoms with Gasteiger partial charge in [-0.25, -0.2) is 0 Å². The van der Waals surface area contributed by atoms with Crippen LogP contribution in [0, 0.1) is 17.3 Å². The van der Waals surface area contributed by atoms with Crippen molar-refractivity contribution in [1.82, 2.24) is 4.90 Å². The summed E-state index contributed by atoms with van der Waals surface area (Å²) in [4.78, 5) is 15.6. The first-order valence-corrected chi connectivity index (χ1v) is 13.8. The van der Waals surface area contributed by atoms with Crippen molar-refractivity contribution >= 4 is 14.2 Å². The van der Waals surface area contributed by atoms with Crippen molar-refractivity contribution in [3.63, 3.8) is 0 Å². The molecule has 4 nitrogen and oxygen atoms in total. The molecule has 0 bridgehead atoms. The lowest BCUT2D eigenvalue weighted by molar-refractivity contribution is -0.142. The maximum atomic E-state index is 13.5. The van der Waals surface area contributed by atoms with Gasteiger partial charge in [0.15, 0.2) is 8.32 Å². The Balaban J connectivity index is 1.60. The Morgan fingerprint density at radius 3 is 2.59 bits per heavy atom. The van der Waals surface area contributed by atoms with E-state index in [9.17, 15) is 4.79 Å². The summed E-state index contributed by atoms with van der Waals surface area (Å²) in [7, 11) is -1.68. The quantitative estimate of drug-likeness (QED) is 0.601. The minimum absolute atomic E-state index is 0.177. The molecule has 3 rings (SSSR count). The number of amides is 1. The molecule has 5 heteroatoms. The van der Waals surface area contributed by atoms with Crippen molar-refractivity contribution in [2.24, 2.45) is 17.3 Å². The highest BCUT2D eigenvalue weighted by Crippen LogP contribution is 2.57. The number of nitrogens with zero attached hydrogens (tertiary/aromatic N) is 1. The second-order valence-electron chi connectivity index (χ2n) is 11.4. The first-order valence-electron chi connectivity index (χ1n) is 10.9. The van der Waals surface area contributed by atoms with Gasteiger partial charge in [-0.1, -0.05) is 34.6 Å². The van der Waals surface area contributed by atoms with E-state index in [1.807, 2.05) is 0 Å². The van der Waals surface area contributed by atoms with Crippen LogP contribution in [0.15, 0.2) is 0 Å². The van der Waals surface area contributed by atoms with Crippen molar-refractivity contribution in [3.05, 3.63) is 0 Å². The molecular formula is C22H41NO3Si. The smallest absolute Gasteiger partial charge is 0.231 e. The van der Waals surface area contributed by atoms with Gasteiger partial charge in [-0.3, -0.25) is 4.79 Å². The van der Waals surface area contributed by atoms with E-state index in [0.717, 1.165) is 38.7 Å². The number of ether oxygens (including phenoxy) is 1. The van der Waals surface area contributed by atoms with Gasteiger partial charge in [0.25, 0.3) is 0 Å². The highest BCUT2D eigenvalue weighted by molar-refractivity contribution is 6.74. The van der Waals surface area contributed by atoms with E-state index in [-0.39, 0.29) is 22.2 Å². The average molecular weight is 396 g/mol. The summed E-state index contributed by atoms with van der Waals surface area (Å²) in [6.07, 6.45) is 5.17. The first kappa shape index (κ1) is 21.3. The van der Waals surface area contributed by atoms with Crippen LogP contribution in [-0.2, 0) is 14.0 Å². The molecule has 1 amide bonds. The van der Waals surface area contributed by atoms with Gasteiger partial charge < -0.3 is 14.1 Å². The zero-order valence-corrected chi connectivity index (χ0v) is 19.9. The summed E-state index contributed by atoms with van der Waals surface area (Å²) in [5.74, 6) is 1.43. The lowest BCUT2D eigenvalue weighted by Crippen LogP contribution is -2.46. The molecular weight excluding hydrogens is 354 g/mol. The number of carbonyl (C=O) groups is 1. The molecule has 2 aliphatic heterocycles. The summed E-state index contributed by atoms with van der Waals surface area (Å²) < 4.78 is 12.6. The van der Waals surface area contributed by atoms with Crippen LogP contribution in [0.5, 0.6) is 0 Å². The molecule has 0 aromatic rings. The lowest BCUT2D eigenvalue weighted by atomic mass is 9.81. The Labute approximate surface area is 167 Å². The molecule has 3 aliphatic rings. The second kappa shape index (κ2) is 6.84. The van der Waals surface area contributed by atoms with E-state index in [4.69, 9.17) is 9.16 Å². The van der Waals surface area contributed by atoms with Crippen LogP contribution < -0.4 is 0 Å². The van der Waals surface area contributed by atoms with E-state index < -0.39 is 8.32 Å². The van der Waals surface area contributed by atoms with Crippen molar-refractivity contribution in [3.8, 4) is 0 Å². The normalized spacial score (nSPS) is 37.1. The summed E-state index contributed by atoms with van der Waals surface area (Å²) in [6, 6.07) is 0.239. The third-order valence-corrected chi connectivity index (χ3v) is 12.6. The van der Waals surface area contributed by atoms with Crippen LogP contribution in [0.4, 0.5) is 0 Å². The van der Waals surface area contributed by atoms with Gasteiger partial charge in [-0.05, 0) is 62.6 Å². The molecule has 1 spiro atoms. The standard InChI is InChI=1S/C22H41NO3Si/c1-16(2)18-14-25-21(6)15-22(19(24)23(18)21)11-9-17(13-22)10-12-26-27(7,8)20(3,4)5/h16-18H,9-15H2,1-8H3/t17-,18+,21+,22+/m0/s1. The van der Waals surface area contributed by atoms with Gasteiger partial charge in [0, 0.05) is 13.0 Å². The molecule has 0 radical (unpaired) electrons. The highest BCUT2D eigenvalue weighted by atomic mass is 28.4. The van der Waals surface area contributed by atoms with E-state index in [1.165, 1.54) is 0 Å². The van der Waals surface area contributed by atoms with Gasteiger partial charge in [0.1, 0.15) is 5.72 Å². The molecule has 0 N–H and O–H groups in total. The summed E-state index contributed by atoms with van der Waals surface area (Å²) >= 11 is 0. The molecule has 3 fully saturated rings. The minimum Gasteiger partial charge on any atom is -0.417 e. The van der Waals surface area contributed by atoms with Crippen LogP contribution in [-0.4, -0.2) is 44.1 Å². The Morgan fingerprint density at radius 1 is 1.33 bits per heavy atom. The number of hydrogen-bond donors (Lipinski definition) is 0. The van der Waals surface area contributed by atoms with Crippen LogP contribution in [0.2, 0.25) is 18.1 Å². The van der Waals surface area contributed by atoms with Gasteiger partial charge in [-0.15, -0.1) is 0 Å². The first-order chi connectivity index (χ1) is 12.3. The number of hydrogen-bond acceptors (Lipinski definition) is 3. The molecule has 2 heterocycles. The fraction of sp³-hybridized carbons (Fsp3) is 0.955. The van der Waals surface area contributed by atoms with Gasteiger partial charge in [-0.2, -0.15) is 0 Å². The van der Waals surface area contributed by atoms with Crippen LogP contribution in [0.25, 0.3) is 0 Å². The largest absolute Gasteiger partial charge is 0.417 e.